The molecular weight excluding hydrogens is 182 g/mol. The first-order valence-corrected chi connectivity index (χ1v) is 4.95. The molecule has 0 aromatic heterocycles. The number of hydrogen-bond acceptors (Lipinski definition) is 4. The molecule has 0 amide bonds. The van der Waals surface area contributed by atoms with Crippen LogP contribution in [0.1, 0.15) is 13.8 Å². The molecule has 1 unspecified atom stereocenters. The van der Waals surface area contributed by atoms with Gasteiger partial charge in [-0.3, -0.25) is 0 Å². The fourth-order valence-electron chi connectivity index (χ4n) is 2.12. The summed E-state index contributed by atoms with van der Waals surface area (Å²) in [6.45, 7) is 4.01. The molecule has 1 aliphatic carbocycles. The van der Waals surface area contributed by atoms with Crippen LogP contribution in [0, 0.1) is 5.92 Å². The highest BCUT2D eigenvalue weighted by Crippen LogP contribution is 2.38. The molecule has 0 radical (unpaired) electrons. The van der Waals surface area contributed by atoms with Gasteiger partial charge >= 0.3 is 0 Å². The zero-order valence-electron chi connectivity index (χ0n) is 8.51. The van der Waals surface area contributed by atoms with E-state index in [4.69, 9.17) is 15.2 Å². The molecule has 2 rings (SSSR count). The van der Waals surface area contributed by atoms with E-state index in [9.17, 15) is 5.11 Å². The molecule has 1 saturated heterocycles. The molecule has 4 heteroatoms. The van der Waals surface area contributed by atoms with Crippen molar-refractivity contribution in [3.05, 3.63) is 12.2 Å². The second-order valence-electron chi connectivity index (χ2n) is 4.33. The van der Waals surface area contributed by atoms with Gasteiger partial charge in [0, 0.05) is 12.5 Å². The third-order valence-electron chi connectivity index (χ3n) is 2.75. The Balaban J connectivity index is 2.09. The average molecular weight is 199 g/mol. The van der Waals surface area contributed by atoms with Crippen molar-refractivity contribution in [1.29, 1.82) is 0 Å². The van der Waals surface area contributed by atoms with Crippen molar-refractivity contribution in [1.82, 2.24) is 0 Å². The molecular formula is C10H17NO3. The van der Waals surface area contributed by atoms with Crippen LogP contribution < -0.4 is 5.73 Å². The Labute approximate surface area is 83.7 Å². The normalized spacial score (nSPS) is 41.3. The molecule has 3 N–H and O–H groups in total. The number of aliphatic hydroxyl groups excluding tert-OH is 1. The van der Waals surface area contributed by atoms with Crippen LogP contribution in [0.5, 0.6) is 0 Å². The molecule has 0 bridgehead atoms. The summed E-state index contributed by atoms with van der Waals surface area (Å²) in [6.07, 6.45) is 3.23. The van der Waals surface area contributed by atoms with E-state index in [1.807, 2.05) is 26.0 Å². The Morgan fingerprint density at radius 1 is 1.43 bits per heavy atom. The summed E-state index contributed by atoms with van der Waals surface area (Å²) in [6, 6.07) is 0. The van der Waals surface area contributed by atoms with Gasteiger partial charge in [-0.2, -0.15) is 0 Å². The smallest absolute Gasteiger partial charge is 0.164 e. The lowest BCUT2D eigenvalue weighted by molar-refractivity contribution is -0.151. The molecule has 0 spiro atoms. The van der Waals surface area contributed by atoms with Crippen molar-refractivity contribution < 1.29 is 14.6 Å². The predicted octanol–water partition coefficient (Wildman–Crippen LogP) is 0.0121. The predicted molar refractivity (Wildman–Crippen MR) is 51.5 cm³/mol. The molecule has 0 aromatic carbocycles. The Kier molecular flexibility index (Phi) is 2.39. The van der Waals surface area contributed by atoms with Crippen LogP contribution in [0.2, 0.25) is 0 Å². The lowest BCUT2D eigenvalue weighted by atomic mass is 9.99. The second-order valence-corrected chi connectivity index (χ2v) is 4.33. The quantitative estimate of drug-likeness (QED) is 0.615. The van der Waals surface area contributed by atoms with Gasteiger partial charge in [0.2, 0.25) is 0 Å². The standard InChI is InChI=1S/C10H17NO3/c1-10(2)13-8-4-3-6(7(12)5-11)9(8)14-10/h3-4,6-9,12H,5,11H2,1-2H3/t6-,7?,8+,9-/m0/s1. The van der Waals surface area contributed by atoms with Gasteiger partial charge < -0.3 is 20.3 Å². The molecule has 1 heterocycles. The van der Waals surface area contributed by atoms with Crippen LogP contribution in [-0.2, 0) is 9.47 Å². The summed E-state index contributed by atoms with van der Waals surface area (Å²) in [5.74, 6) is -0.584. The highest BCUT2D eigenvalue weighted by Gasteiger charge is 2.47. The first kappa shape index (κ1) is 10.1. The van der Waals surface area contributed by atoms with E-state index in [1.54, 1.807) is 0 Å². The maximum absolute atomic E-state index is 9.66. The molecule has 2 aliphatic rings. The van der Waals surface area contributed by atoms with Gasteiger partial charge in [-0.15, -0.1) is 0 Å². The lowest BCUT2D eigenvalue weighted by Gasteiger charge is -2.23. The Morgan fingerprint density at radius 2 is 2.14 bits per heavy atom. The van der Waals surface area contributed by atoms with E-state index in [1.165, 1.54) is 0 Å². The van der Waals surface area contributed by atoms with Crippen molar-refractivity contribution in [2.75, 3.05) is 6.54 Å². The number of hydrogen-bond donors (Lipinski definition) is 2. The van der Waals surface area contributed by atoms with E-state index in [0.29, 0.717) is 0 Å². The SMILES string of the molecule is CC1(C)O[C@@H]2[C@@H](C=C[C@H]2C(O)CN)O1. The van der Waals surface area contributed by atoms with Gasteiger partial charge in [-0.05, 0) is 13.8 Å². The number of ether oxygens (including phenoxy) is 2. The van der Waals surface area contributed by atoms with Crippen LogP contribution in [0.15, 0.2) is 12.2 Å². The first-order valence-electron chi connectivity index (χ1n) is 4.95. The molecule has 4 nitrogen and oxygen atoms in total. The molecule has 14 heavy (non-hydrogen) atoms. The average Bonchev–Trinajstić information content (AvgIpc) is 2.58. The van der Waals surface area contributed by atoms with Gasteiger partial charge in [0.15, 0.2) is 5.79 Å². The maximum Gasteiger partial charge on any atom is 0.164 e. The fourth-order valence-corrected chi connectivity index (χ4v) is 2.12. The monoisotopic (exact) mass is 199 g/mol. The van der Waals surface area contributed by atoms with Gasteiger partial charge in [-0.25, -0.2) is 0 Å². The molecule has 80 valence electrons. The minimum absolute atomic E-state index is 0.0313. The molecule has 1 aliphatic heterocycles. The summed E-state index contributed by atoms with van der Waals surface area (Å²) < 4.78 is 11.3. The van der Waals surface area contributed by atoms with Crippen molar-refractivity contribution in [3.8, 4) is 0 Å². The third kappa shape index (κ3) is 1.59. The summed E-state index contributed by atoms with van der Waals surface area (Å²) in [5, 5.41) is 9.66. The number of nitrogens with two attached hydrogens (primary N) is 1. The Hall–Kier alpha value is -0.420. The highest BCUT2D eigenvalue weighted by molar-refractivity contribution is 5.14. The van der Waals surface area contributed by atoms with Crippen molar-refractivity contribution in [2.45, 2.75) is 37.9 Å². The van der Waals surface area contributed by atoms with Crippen LogP contribution in [0.25, 0.3) is 0 Å². The van der Waals surface area contributed by atoms with Gasteiger partial charge in [0.25, 0.3) is 0 Å². The van der Waals surface area contributed by atoms with Gasteiger partial charge in [-0.1, -0.05) is 12.2 Å². The van der Waals surface area contributed by atoms with E-state index >= 15 is 0 Å². The summed E-state index contributed by atoms with van der Waals surface area (Å²) in [5.41, 5.74) is 5.42. The Bertz CT molecular complexity index is 252. The maximum atomic E-state index is 9.66. The van der Waals surface area contributed by atoms with E-state index in [2.05, 4.69) is 0 Å². The van der Waals surface area contributed by atoms with E-state index in [-0.39, 0.29) is 24.7 Å². The van der Waals surface area contributed by atoms with Crippen LogP contribution in [0.4, 0.5) is 0 Å². The summed E-state index contributed by atoms with van der Waals surface area (Å²) >= 11 is 0. The van der Waals surface area contributed by atoms with Crippen molar-refractivity contribution in [3.63, 3.8) is 0 Å². The topological polar surface area (TPSA) is 64.7 Å². The lowest BCUT2D eigenvalue weighted by Crippen LogP contribution is -2.37. The van der Waals surface area contributed by atoms with Gasteiger partial charge in [0.1, 0.15) is 6.10 Å². The zero-order valence-corrected chi connectivity index (χ0v) is 8.51. The van der Waals surface area contributed by atoms with Crippen LogP contribution in [0.3, 0.4) is 0 Å². The Morgan fingerprint density at radius 3 is 2.79 bits per heavy atom. The summed E-state index contributed by atoms with van der Waals surface area (Å²) in [4.78, 5) is 0. The molecule has 4 atom stereocenters. The van der Waals surface area contributed by atoms with E-state index < -0.39 is 11.9 Å². The third-order valence-corrected chi connectivity index (χ3v) is 2.75. The van der Waals surface area contributed by atoms with Crippen molar-refractivity contribution >= 4 is 0 Å². The number of fused-ring (bicyclic) bond motifs is 1. The largest absolute Gasteiger partial charge is 0.391 e. The zero-order chi connectivity index (χ0) is 10.3. The number of rotatable bonds is 2. The second kappa shape index (κ2) is 3.31. The molecule has 1 fully saturated rings. The first-order chi connectivity index (χ1) is 6.53. The minimum atomic E-state index is -0.549. The van der Waals surface area contributed by atoms with Crippen molar-refractivity contribution in [2.24, 2.45) is 11.7 Å². The van der Waals surface area contributed by atoms with Crippen LogP contribution >= 0.6 is 0 Å². The fraction of sp³-hybridized carbons (Fsp3) is 0.800. The number of aliphatic hydroxyl groups is 1. The molecule has 0 saturated carbocycles. The van der Waals surface area contributed by atoms with Gasteiger partial charge in [0.05, 0.1) is 12.2 Å². The van der Waals surface area contributed by atoms with E-state index in [0.717, 1.165) is 0 Å². The molecule has 0 aromatic rings. The minimum Gasteiger partial charge on any atom is -0.391 e. The van der Waals surface area contributed by atoms with Crippen LogP contribution in [-0.4, -0.2) is 35.8 Å². The highest BCUT2D eigenvalue weighted by atomic mass is 16.8. The summed E-state index contributed by atoms with van der Waals surface area (Å²) in [7, 11) is 0.